The molecule has 0 spiro atoms. The van der Waals surface area contributed by atoms with Gasteiger partial charge in [-0.2, -0.15) is 0 Å². The lowest BCUT2D eigenvalue weighted by molar-refractivity contribution is -0.129. The lowest BCUT2D eigenvalue weighted by atomic mass is 9.95. The van der Waals surface area contributed by atoms with Crippen LogP contribution in [0.4, 0.5) is 0 Å². The van der Waals surface area contributed by atoms with Crippen molar-refractivity contribution in [2.75, 3.05) is 0 Å². The molecule has 0 heterocycles. The topological polar surface area (TPSA) is 29.1 Å². The van der Waals surface area contributed by atoms with E-state index in [0.29, 0.717) is 0 Å². The maximum absolute atomic E-state index is 11.8. The Labute approximate surface area is 104 Å². The molecule has 0 saturated heterocycles. The largest absolute Gasteiger partial charge is 0.353 e. The number of carbonyl (C=O) groups is 1. The van der Waals surface area contributed by atoms with Crippen LogP contribution in [0.5, 0.6) is 0 Å². The molecule has 0 aliphatic rings. The van der Waals surface area contributed by atoms with Gasteiger partial charge in [-0.05, 0) is 25.3 Å². The summed E-state index contributed by atoms with van der Waals surface area (Å²) >= 11 is 0. The summed E-state index contributed by atoms with van der Waals surface area (Å²) in [6.45, 7) is 7.87. The van der Waals surface area contributed by atoms with Crippen molar-refractivity contribution in [1.29, 1.82) is 0 Å². The lowest BCUT2D eigenvalue weighted by Gasteiger charge is -2.21. The van der Waals surface area contributed by atoms with Gasteiger partial charge in [0.1, 0.15) is 0 Å². The van der Waals surface area contributed by atoms with Gasteiger partial charge in [0.25, 0.3) is 0 Å². The molecule has 1 rings (SSSR count). The van der Waals surface area contributed by atoms with Crippen molar-refractivity contribution in [3.8, 4) is 0 Å². The highest BCUT2D eigenvalue weighted by atomic mass is 16.2. The van der Waals surface area contributed by atoms with Gasteiger partial charge in [0.15, 0.2) is 0 Å². The molecule has 0 aliphatic heterocycles. The summed E-state index contributed by atoms with van der Waals surface area (Å²) in [7, 11) is 0. The van der Waals surface area contributed by atoms with E-state index >= 15 is 0 Å². The molecular weight excluding hydrogens is 210 g/mol. The van der Waals surface area contributed by atoms with Crippen LogP contribution in [-0.2, 0) is 11.2 Å². The summed E-state index contributed by atoms with van der Waals surface area (Å²) in [5, 5.41) is 3.05. The second-order valence-electron chi connectivity index (χ2n) is 5.65. The smallest absolute Gasteiger partial charge is 0.225 e. The van der Waals surface area contributed by atoms with E-state index in [0.717, 1.165) is 12.8 Å². The first-order valence-electron chi connectivity index (χ1n) is 6.24. The van der Waals surface area contributed by atoms with Crippen LogP contribution in [0, 0.1) is 5.41 Å². The molecule has 1 atom stereocenters. The SMILES string of the molecule is C[C@H](CCc1ccccc1)NC(=O)C(C)(C)C. The van der Waals surface area contributed by atoms with Crippen LogP contribution in [0.3, 0.4) is 0 Å². The first-order valence-corrected chi connectivity index (χ1v) is 6.24. The zero-order valence-electron chi connectivity index (χ0n) is 11.3. The summed E-state index contributed by atoms with van der Waals surface area (Å²) in [5.74, 6) is 0.123. The van der Waals surface area contributed by atoms with E-state index in [1.165, 1.54) is 5.56 Å². The standard InChI is InChI=1S/C15H23NO/c1-12(16-14(17)15(2,3)4)10-11-13-8-6-5-7-9-13/h5-9,12H,10-11H2,1-4H3,(H,16,17)/t12-/m1/s1. The minimum Gasteiger partial charge on any atom is -0.353 e. The first-order chi connectivity index (χ1) is 7.89. The number of aryl methyl sites for hydroxylation is 1. The minimum atomic E-state index is -0.305. The van der Waals surface area contributed by atoms with Crippen molar-refractivity contribution in [2.45, 2.75) is 46.6 Å². The maximum Gasteiger partial charge on any atom is 0.225 e. The molecule has 2 heteroatoms. The number of hydrogen-bond acceptors (Lipinski definition) is 1. The average molecular weight is 233 g/mol. The number of carbonyl (C=O) groups excluding carboxylic acids is 1. The van der Waals surface area contributed by atoms with Crippen molar-refractivity contribution < 1.29 is 4.79 Å². The highest BCUT2D eigenvalue weighted by Crippen LogP contribution is 2.13. The van der Waals surface area contributed by atoms with Crippen LogP contribution < -0.4 is 5.32 Å². The molecule has 1 aromatic carbocycles. The fourth-order valence-electron chi connectivity index (χ4n) is 1.54. The molecule has 0 unspecified atom stereocenters. The highest BCUT2D eigenvalue weighted by Gasteiger charge is 2.22. The molecule has 0 fully saturated rings. The third kappa shape index (κ3) is 5.03. The number of nitrogens with one attached hydrogen (secondary N) is 1. The Morgan fingerprint density at radius 2 is 1.82 bits per heavy atom. The molecular formula is C15H23NO. The Balaban J connectivity index is 2.36. The van der Waals surface area contributed by atoms with Gasteiger partial charge in [0.2, 0.25) is 5.91 Å². The molecule has 1 amide bonds. The van der Waals surface area contributed by atoms with Gasteiger partial charge >= 0.3 is 0 Å². The molecule has 0 saturated carbocycles. The molecule has 17 heavy (non-hydrogen) atoms. The third-order valence-corrected chi connectivity index (χ3v) is 2.77. The quantitative estimate of drug-likeness (QED) is 0.850. The molecule has 0 bridgehead atoms. The zero-order chi connectivity index (χ0) is 12.9. The van der Waals surface area contributed by atoms with Gasteiger partial charge in [-0.15, -0.1) is 0 Å². The van der Waals surface area contributed by atoms with E-state index in [-0.39, 0.29) is 17.4 Å². The van der Waals surface area contributed by atoms with Gasteiger partial charge < -0.3 is 5.32 Å². The van der Waals surface area contributed by atoms with Crippen molar-refractivity contribution in [3.63, 3.8) is 0 Å². The Kier molecular flexibility index (Phi) is 4.73. The number of amides is 1. The van der Waals surface area contributed by atoms with Crippen LogP contribution in [0.15, 0.2) is 30.3 Å². The summed E-state index contributed by atoms with van der Waals surface area (Å²) in [5.41, 5.74) is 1.02. The van der Waals surface area contributed by atoms with E-state index in [1.807, 2.05) is 39.0 Å². The van der Waals surface area contributed by atoms with Crippen LogP contribution in [-0.4, -0.2) is 11.9 Å². The van der Waals surface area contributed by atoms with Crippen LogP contribution in [0.25, 0.3) is 0 Å². The Morgan fingerprint density at radius 3 is 2.35 bits per heavy atom. The summed E-state index contributed by atoms with van der Waals surface area (Å²) in [4.78, 5) is 11.8. The van der Waals surface area contributed by atoms with E-state index in [9.17, 15) is 4.79 Å². The highest BCUT2D eigenvalue weighted by molar-refractivity contribution is 5.81. The minimum absolute atomic E-state index is 0.123. The maximum atomic E-state index is 11.8. The molecule has 2 nitrogen and oxygen atoms in total. The summed E-state index contributed by atoms with van der Waals surface area (Å²) in [6, 6.07) is 10.6. The van der Waals surface area contributed by atoms with E-state index in [1.54, 1.807) is 0 Å². The second-order valence-corrected chi connectivity index (χ2v) is 5.65. The number of hydrogen-bond donors (Lipinski definition) is 1. The lowest BCUT2D eigenvalue weighted by Crippen LogP contribution is -2.40. The predicted octanol–water partition coefficient (Wildman–Crippen LogP) is 3.17. The average Bonchev–Trinajstić information content (AvgIpc) is 2.26. The van der Waals surface area contributed by atoms with Crippen LogP contribution in [0.2, 0.25) is 0 Å². The van der Waals surface area contributed by atoms with E-state index in [2.05, 4.69) is 24.4 Å². The van der Waals surface area contributed by atoms with Crippen molar-refractivity contribution >= 4 is 5.91 Å². The van der Waals surface area contributed by atoms with Crippen LogP contribution in [0.1, 0.15) is 39.7 Å². The van der Waals surface area contributed by atoms with Gasteiger partial charge in [-0.3, -0.25) is 4.79 Å². The monoisotopic (exact) mass is 233 g/mol. The third-order valence-electron chi connectivity index (χ3n) is 2.77. The van der Waals surface area contributed by atoms with Crippen LogP contribution >= 0.6 is 0 Å². The van der Waals surface area contributed by atoms with E-state index in [4.69, 9.17) is 0 Å². The predicted molar refractivity (Wildman–Crippen MR) is 71.8 cm³/mol. The first kappa shape index (κ1) is 13.8. The van der Waals surface area contributed by atoms with E-state index < -0.39 is 0 Å². The van der Waals surface area contributed by atoms with Crippen molar-refractivity contribution in [3.05, 3.63) is 35.9 Å². The zero-order valence-corrected chi connectivity index (χ0v) is 11.3. The van der Waals surface area contributed by atoms with Gasteiger partial charge in [0.05, 0.1) is 0 Å². The van der Waals surface area contributed by atoms with Gasteiger partial charge in [-0.25, -0.2) is 0 Å². The molecule has 94 valence electrons. The fraction of sp³-hybridized carbons (Fsp3) is 0.533. The molecule has 0 aliphatic carbocycles. The normalized spacial score (nSPS) is 13.2. The molecule has 0 aromatic heterocycles. The molecule has 0 radical (unpaired) electrons. The number of rotatable bonds is 4. The van der Waals surface area contributed by atoms with Gasteiger partial charge in [-0.1, -0.05) is 51.1 Å². The summed E-state index contributed by atoms with van der Waals surface area (Å²) in [6.07, 6.45) is 1.98. The summed E-state index contributed by atoms with van der Waals surface area (Å²) < 4.78 is 0. The molecule has 1 aromatic rings. The second kappa shape index (κ2) is 5.85. The van der Waals surface area contributed by atoms with Gasteiger partial charge in [0, 0.05) is 11.5 Å². The number of benzene rings is 1. The Bertz CT molecular complexity index is 351. The Morgan fingerprint density at radius 1 is 1.24 bits per heavy atom. The fourth-order valence-corrected chi connectivity index (χ4v) is 1.54. The molecule has 1 N–H and O–H groups in total. The Hall–Kier alpha value is -1.31. The van der Waals surface area contributed by atoms with Crippen molar-refractivity contribution in [1.82, 2.24) is 5.32 Å². The van der Waals surface area contributed by atoms with Crippen molar-refractivity contribution in [2.24, 2.45) is 5.41 Å².